The summed E-state index contributed by atoms with van der Waals surface area (Å²) in [5, 5.41) is 2.78. The molecule has 21 heavy (non-hydrogen) atoms. The lowest BCUT2D eigenvalue weighted by Gasteiger charge is -2.27. The first-order chi connectivity index (χ1) is 9.72. The van der Waals surface area contributed by atoms with E-state index in [4.69, 9.17) is 0 Å². The van der Waals surface area contributed by atoms with Gasteiger partial charge in [0.15, 0.2) is 0 Å². The van der Waals surface area contributed by atoms with Crippen LogP contribution < -0.4 is 5.32 Å². The number of H-pyrrole nitrogens is 1. The molecule has 0 saturated heterocycles. The van der Waals surface area contributed by atoms with Gasteiger partial charge in [0.05, 0.1) is 6.54 Å². The summed E-state index contributed by atoms with van der Waals surface area (Å²) in [6, 6.07) is -0.828. The molecule has 1 atom stereocenters. The molecular weight excluding hydrogens is 270 g/mol. The number of carbonyl (C=O) groups excluding carboxylic acids is 2. The molecule has 0 radical (unpaired) electrons. The topological polar surface area (TPSA) is 81.3 Å². The summed E-state index contributed by atoms with van der Waals surface area (Å²) in [5.74, 6) is 0.619. The number of nitrogens with zero attached hydrogens (tertiary/aromatic N) is 3. The van der Waals surface area contributed by atoms with E-state index in [9.17, 15) is 9.59 Å². The molecule has 0 spiro atoms. The number of carbonyl (C=O) groups is 2. The van der Waals surface area contributed by atoms with Crippen LogP contribution in [-0.2, 0) is 11.3 Å². The predicted octanol–water partition coefficient (Wildman–Crippen LogP) is 0.972. The number of aromatic amines is 1. The van der Waals surface area contributed by atoms with Gasteiger partial charge in [-0.25, -0.2) is 9.78 Å². The number of aromatic nitrogens is 2. The van der Waals surface area contributed by atoms with E-state index in [0.717, 1.165) is 5.69 Å². The van der Waals surface area contributed by atoms with Crippen molar-refractivity contribution >= 4 is 11.9 Å². The van der Waals surface area contributed by atoms with Gasteiger partial charge >= 0.3 is 6.03 Å². The normalized spacial score (nSPS) is 12.1. The van der Waals surface area contributed by atoms with E-state index in [1.54, 1.807) is 27.3 Å². The Bertz CT molecular complexity index is 495. The number of likely N-dealkylation sites (N-methyl/N-ethyl adjacent to an activating group) is 1. The molecule has 1 aromatic rings. The summed E-state index contributed by atoms with van der Waals surface area (Å²) in [6.07, 6.45) is 1.72. The van der Waals surface area contributed by atoms with Crippen LogP contribution in [-0.4, -0.2) is 58.9 Å². The van der Waals surface area contributed by atoms with Gasteiger partial charge < -0.3 is 20.1 Å². The van der Waals surface area contributed by atoms with Crippen LogP contribution in [0.15, 0.2) is 6.20 Å². The van der Waals surface area contributed by atoms with E-state index in [-0.39, 0.29) is 17.9 Å². The highest BCUT2D eigenvalue weighted by Crippen LogP contribution is 2.06. The number of urea groups is 1. The van der Waals surface area contributed by atoms with Gasteiger partial charge in [0.2, 0.25) is 5.91 Å². The molecule has 7 heteroatoms. The molecule has 0 saturated carbocycles. The second-order valence-corrected chi connectivity index (χ2v) is 5.77. The lowest BCUT2D eigenvalue weighted by atomic mass is 10.0. The summed E-state index contributed by atoms with van der Waals surface area (Å²) in [7, 11) is 5.03. The van der Waals surface area contributed by atoms with Gasteiger partial charge in [-0.15, -0.1) is 0 Å². The number of amides is 3. The van der Waals surface area contributed by atoms with Crippen LogP contribution in [0.4, 0.5) is 4.79 Å². The van der Waals surface area contributed by atoms with Crippen molar-refractivity contribution in [1.29, 1.82) is 0 Å². The van der Waals surface area contributed by atoms with Gasteiger partial charge in [0.1, 0.15) is 11.9 Å². The highest BCUT2D eigenvalue weighted by molar-refractivity contribution is 5.86. The van der Waals surface area contributed by atoms with E-state index in [1.165, 1.54) is 9.80 Å². The lowest BCUT2D eigenvalue weighted by Crippen LogP contribution is -2.52. The van der Waals surface area contributed by atoms with Crippen molar-refractivity contribution in [1.82, 2.24) is 25.1 Å². The van der Waals surface area contributed by atoms with Crippen molar-refractivity contribution < 1.29 is 9.59 Å². The third-order valence-corrected chi connectivity index (χ3v) is 3.14. The van der Waals surface area contributed by atoms with Crippen molar-refractivity contribution in [2.75, 3.05) is 21.1 Å². The maximum Gasteiger partial charge on any atom is 0.318 e. The van der Waals surface area contributed by atoms with Crippen molar-refractivity contribution in [3.8, 4) is 0 Å². The Morgan fingerprint density at radius 2 is 1.95 bits per heavy atom. The fourth-order valence-corrected chi connectivity index (χ4v) is 1.88. The average molecular weight is 295 g/mol. The molecule has 3 amide bonds. The second-order valence-electron chi connectivity index (χ2n) is 5.77. The third kappa shape index (κ3) is 4.77. The van der Waals surface area contributed by atoms with Crippen LogP contribution >= 0.6 is 0 Å². The van der Waals surface area contributed by atoms with E-state index in [0.29, 0.717) is 12.4 Å². The Hall–Kier alpha value is -2.05. The van der Waals surface area contributed by atoms with E-state index in [2.05, 4.69) is 15.3 Å². The standard InChI is InChI=1S/C14H25N5O2/c1-9(2)12(13(20)18(4)5)17-14(21)19(6)8-11-15-7-10(3)16-11/h7,9,12H,8H2,1-6H3,(H,15,16)(H,17,21). The smallest absolute Gasteiger partial charge is 0.318 e. The first-order valence-corrected chi connectivity index (χ1v) is 6.95. The quantitative estimate of drug-likeness (QED) is 0.849. The largest absolute Gasteiger partial charge is 0.347 e. The molecule has 1 heterocycles. The molecule has 1 unspecified atom stereocenters. The zero-order chi connectivity index (χ0) is 16.2. The van der Waals surface area contributed by atoms with Gasteiger partial charge in [-0.3, -0.25) is 4.79 Å². The number of nitrogens with one attached hydrogen (secondary N) is 2. The van der Waals surface area contributed by atoms with Crippen molar-refractivity contribution in [3.63, 3.8) is 0 Å². The summed E-state index contributed by atoms with van der Waals surface area (Å²) < 4.78 is 0. The van der Waals surface area contributed by atoms with Gasteiger partial charge in [-0.2, -0.15) is 0 Å². The highest BCUT2D eigenvalue weighted by atomic mass is 16.2. The van der Waals surface area contributed by atoms with E-state index < -0.39 is 6.04 Å². The predicted molar refractivity (Wildman–Crippen MR) is 80.6 cm³/mol. The fourth-order valence-electron chi connectivity index (χ4n) is 1.88. The maximum atomic E-state index is 12.2. The van der Waals surface area contributed by atoms with Gasteiger partial charge in [0, 0.05) is 33.0 Å². The van der Waals surface area contributed by atoms with E-state index in [1.807, 2.05) is 20.8 Å². The summed E-state index contributed by atoms with van der Waals surface area (Å²) in [6.45, 7) is 6.08. The molecule has 0 aliphatic heterocycles. The molecule has 0 aromatic carbocycles. The average Bonchev–Trinajstić information content (AvgIpc) is 2.79. The van der Waals surface area contributed by atoms with Gasteiger partial charge in [0.25, 0.3) is 0 Å². The molecule has 7 nitrogen and oxygen atoms in total. The Morgan fingerprint density at radius 3 is 2.38 bits per heavy atom. The highest BCUT2D eigenvalue weighted by Gasteiger charge is 2.26. The minimum atomic E-state index is -0.534. The number of rotatable bonds is 5. The van der Waals surface area contributed by atoms with Crippen molar-refractivity contribution in [2.45, 2.75) is 33.4 Å². The van der Waals surface area contributed by atoms with Crippen LogP contribution in [0.1, 0.15) is 25.4 Å². The molecule has 0 bridgehead atoms. The Morgan fingerprint density at radius 1 is 1.33 bits per heavy atom. The summed E-state index contributed by atoms with van der Waals surface area (Å²) in [5.41, 5.74) is 0.946. The fraction of sp³-hybridized carbons (Fsp3) is 0.643. The summed E-state index contributed by atoms with van der Waals surface area (Å²) >= 11 is 0. The lowest BCUT2D eigenvalue weighted by molar-refractivity contribution is -0.131. The molecule has 0 aliphatic carbocycles. The molecule has 1 aromatic heterocycles. The second kappa shape index (κ2) is 7.10. The minimum Gasteiger partial charge on any atom is -0.347 e. The van der Waals surface area contributed by atoms with Crippen LogP contribution in [0.2, 0.25) is 0 Å². The summed E-state index contributed by atoms with van der Waals surface area (Å²) in [4.78, 5) is 34.5. The first-order valence-electron chi connectivity index (χ1n) is 6.95. The molecule has 0 fully saturated rings. The molecule has 1 rings (SSSR count). The van der Waals surface area contributed by atoms with Crippen molar-refractivity contribution in [3.05, 3.63) is 17.7 Å². The zero-order valence-electron chi connectivity index (χ0n) is 13.6. The van der Waals surface area contributed by atoms with Gasteiger partial charge in [-0.1, -0.05) is 13.8 Å². The van der Waals surface area contributed by atoms with Crippen LogP contribution in [0.3, 0.4) is 0 Å². The first kappa shape index (κ1) is 17.0. The zero-order valence-corrected chi connectivity index (χ0v) is 13.6. The van der Waals surface area contributed by atoms with Crippen molar-refractivity contribution in [2.24, 2.45) is 5.92 Å². The Balaban J connectivity index is 2.66. The third-order valence-electron chi connectivity index (χ3n) is 3.14. The van der Waals surface area contributed by atoms with Crippen LogP contribution in [0, 0.1) is 12.8 Å². The minimum absolute atomic E-state index is 0.0168. The monoisotopic (exact) mass is 295 g/mol. The van der Waals surface area contributed by atoms with Crippen LogP contribution in [0.25, 0.3) is 0 Å². The number of hydrogen-bond donors (Lipinski definition) is 2. The Kier molecular flexibility index (Phi) is 5.75. The van der Waals surface area contributed by atoms with Gasteiger partial charge in [-0.05, 0) is 12.8 Å². The maximum absolute atomic E-state index is 12.2. The molecular formula is C14H25N5O2. The number of imidazole rings is 1. The molecule has 0 aliphatic rings. The van der Waals surface area contributed by atoms with Crippen LogP contribution in [0.5, 0.6) is 0 Å². The van der Waals surface area contributed by atoms with E-state index >= 15 is 0 Å². The molecule has 2 N–H and O–H groups in total. The SMILES string of the molecule is Cc1cnc(CN(C)C(=O)NC(C(=O)N(C)C)C(C)C)[nH]1. The number of hydrogen-bond acceptors (Lipinski definition) is 3. The number of aryl methyl sites for hydroxylation is 1. The Labute approximate surface area is 125 Å². The molecule has 118 valence electrons.